The maximum absolute atomic E-state index is 12.9. The summed E-state index contributed by atoms with van der Waals surface area (Å²) in [5.41, 5.74) is 3.47. The van der Waals surface area contributed by atoms with Crippen LogP contribution in [0.4, 0.5) is 10.5 Å². The SMILES string of the molecule is COc1cc(/C=C2\SC(=O)N(CC(=O)Nc3ccc(C)cc3)C2=O)ccc1OCCOc1ccc(C)cc1. The molecule has 0 saturated carbocycles. The Labute approximate surface area is 225 Å². The highest BCUT2D eigenvalue weighted by atomic mass is 32.2. The lowest BCUT2D eigenvalue weighted by atomic mass is 10.2. The third-order valence-electron chi connectivity index (χ3n) is 5.63. The summed E-state index contributed by atoms with van der Waals surface area (Å²) in [7, 11) is 1.52. The molecule has 1 aliphatic heterocycles. The van der Waals surface area contributed by atoms with Gasteiger partial charge in [-0.1, -0.05) is 41.5 Å². The summed E-state index contributed by atoms with van der Waals surface area (Å²) in [4.78, 5) is 38.9. The van der Waals surface area contributed by atoms with E-state index >= 15 is 0 Å². The lowest BCUT2D eigenvalue weighted by Gasteiger charge is -2.13. The van der Waals surface area contributed by atoms with E-state index in [0.29, 0.717) is 36.0 Å². The minimum atomic E-state index is -0.522. The van der Waals surface area contributed by atoms with Crippen LogP contribution in [0.5, 0.6) is 17.2 Å². The fraction of sp³-hybridized carbons (Fsp3) is 0.207. The molecule has 196 valence electrons. The molecule has 0 spiro atoms. The quantitative estimate of drug-likeness (QED) is 0.274. The summed E-state index contributed by atoms with van der Waals surface area (Å²) < 4.78 is 16.9. The summed E-state index contributed by atoms with van der Waals surface area (Å²) in [6, 6.07) is 20.2. The number of carbonyl (C=O) groups is 3. The van der Waals surface area contributed by atoms with Gasteiger partial charge in [0.1, 0.15) is 25.5 Å². The Balaban J connectivity index is 1.34. The third-order valence-corrected chi connectivity index (χ3v) is 6.53. The number of amides is 3. The number of ether oxygens (including phenoxy) is 3. The van der Waals surface area contributed by atoms with Crippen molar-refractivity contribution in [1.82, 2.24) is 4.90 Å². The molecule has 1 aliphatic rings. The number of aryl methyl sites for hydroxylation is 2. The maximum Gasteiger partial charge on any atom is 0.294 e. The second-order valence-electron chi connectivity index (χ2n) is 8.60. The molecule has 4 rings (SSSR count). The number of methoxy groups -OCH3 is 1. The molecule has 38 heavy (non-hydrogen) atoms. The number of rotatable bonds is 10. The van der Waals surface area contributed by atoms with Gasteiger partial charge in [0.05, 0.1) is 12.0 Å². The number of nitrogens with zero attached hydrogens (tertiary/aromatic N) is 1. The van der Waals surface area contributed by atoms with Crippen LogP contribution in [0.2, 0.25) is 0 Å². The maximum atomic E-state index is 12.9. The number of nitrogens with one attached hydrogen (secondary N) is 1. The monoisotopic (exact) mass is 532 g/mol. The molecule has 0 radical (unpaired) electrons. The van der Waals surface area contributed by atoms with Gasteiger partial charge in [-0.15, -0.1) is 0 Å². The van der Waals surface area contributed by atoms with E-state index in [2.05, 4.69) is 5.32 Å². The molecule has 1 saturated heterocycles. The number of anilines is 1. The van der Waals surface area contributed by atoms with Gasteiger partial charge in [-0.05, 0) is 73.6 Å². The Morgan fingerprint density at radius 2 is 1.55 bits per heavy atom. The molecule has 3 amide bonds. The smallest absolute Gasteiger partial charge is 0.294 e. The summed E-state index contributed by atoms with van der Waals surface area (Å²) in [5.74, 6) is 0.797. The fourth-order valence-electron chi connectivity index (χ4n) is 3.61. The first-order valence-corrected chi connectivity index (χ1v) is 12.8. The van der Waals surface area contributed by atoms with Crippen LogP contribution in [0.15, 0.2) is 71.6 Å². The van der Waals surface area contributed by atoms with E-state index in [4.69, 9.17) is 14.2 Å². The number of benzene rings is 3. The molecule has 0 atom stereocenters. The molecule has 0 aromatic heterocycles. The van der Waals surface area contributed by atoms with E-state index < -0.39 is 17.1 Å². The lowest BCUT2D eigenvalue weighted by Crippen LogP contribution is -2.36. The van der Waals surface area contributed by atoms with Crippen molar-refractivity contribution in [2.24, 2.45) is 0 Å². The van der Waals surface area contributed by atoms with E-state index in [1.165, 1.54) is 7.11 Å². The predicted molar refractivity (Wildman–Crippen MR) is 148 cm³/mol. The van der Waals surface area contributed by atoms with Crippen LogP contribution >= 0.6 is 11.8 Å². The van der Waals surface area contributed by atoms with Crippen LogP contribution in [0.25, 0.3) is 6.08 Å². The number of thioether (sulfide) groups is 1. The molecule has 1 heterocycles. The van der Waals surface area contributed by atoms with Gasteiger partial charge >= 0.3 is 0 Å². The normalized spacial score (nSPS) is 14.1. The largest absolute Gasteiger partial charge is 0.493 e. The Bertz CT molecular complexity index is 1350. The molecule has 1 N–H and O–H groups in total. The molecule has 0 aliphatic carbocycles. The number of hydrogen-bond donors (Lipinski definition) is 1. The van der Waals surface area contributed by atoms with Gasteiger partial charge in [0, 0.05) is 5.69 Å². The zero-order valence-corrected chi connectivity index (χ0v) is 22.2. The van der Waals surface area contributed by atoms with E-state index in [1.54, 1.807) is 36.4 Å². The zero-order valence-electron chi connectivity index (χ0n) is 21.4. The molecule has 3 aromatic carbocycles. The molecule has 0 bridgehead atoms. The van der Waals surface area contributed by atoms with E-state index in [1.807, 2.05) is 50.2 Å². The van der Waals surface area contributed by atoms with Gasteiger partial charge in [0.15, 0.2) is 11.5 Å². The van der Waals surface area contributed by atoms with Crippen molar-refractivity contribution in [1.29, 1.82) is 0 Å². The van der Waals surface area contributed by atoms with Gasteiger partial charge in [-0.2, -0.15) is 0 Å². The highest BCUT2D eigenvalue weighted by Crippen LogP contribution is 2.34. The summed E-state index contributed by atoms with van der Waals surface area (Å²) in [6.07, 6.45) is 1.59. The first-order valence-electron chi connectivity index (χ1n) is 11.9. The Morgan fingerprint density at radius 1 is 0.895 bits per heavy atom. The highest BCUT2D eigenvalue weighted by molar-refractivity contribution is 8.18. The standard InChI is InChI=1S/C29H28N2O6S/c1-19-4-9-22(10-5-19)30-27(32)18-31-28(33)26(38-29(31)34)17-21-8-13-24(25(16-21)35-3)37-15-14-36-23-11-6-20(2)7-12-23/h4-13,16-17H,14-15,18H2,1-3H3,(H,30,32)/b26-17-. The summed E-state index contributed by atoms with van der Waals surface area (Å²) in [6.45, 7) is 4.26. The van der Waals surface area contributed by atoms with Crippen molar-refractivity contribution in [3.63, 3.8) is 0 Å². The molecule has 1 fully saturated rings. The highest BCUT2D eigenvalue weighted by Gasteiger charge is 2.36. The van der Waals surface area contributed by atoms with Crippen LogP contribution in [0.3, 0.4) is 0 Å². The van der Waals surface area contributed by atoms with Gasteiger partial charge in [-0.25, -0.2) is 0 Å². The average molecular weight is 533 g/mol. The van der Waals surface area contributed by atoms with Crippen LogP contribution in [-0.2, 0) is 9.59 Å². The van der Waals surface area contributed by atoms with Crippen molar-refractivity contribution in [3.05, 3.63) is 88.3 Å². The second-order valence-corrected chi connectivity index (χ2v) is 9.60. The third kappa shape index (κ3) is 6.95. The lowest BCUT2D eigenvalue weighted by molar-refractivity contribution is -0.127. The van der Waals surface area contributed by atoms with Crippen molar-refractivity contribution in [2.75, 3.05) is 32.2 Å². The summed E-state index contributed by atoms with van der Waals surface area (Å²) >= 11 is 0.790. The summed E-state index contributed by atoms with van der Waals surface area (Å²) in [5, 5.41) is 2.20. The van der Waals surface area contributed by atoms with Gasteiger partial charge < -0.3 is 19.5 Å². The first kappa shape index (κ1) is 26.8. The molecule has 8 nitrogen and oxygen atoms in total. The number of carbonyl (C=O) groups excluding carboxylic acids is 3. The van der Waals surface area contributed by atoms with E-state index in [9.17, 15) is 14.4 Å². The average Bonchev–Trinajstić information content (AvgIpc) is 3.16. The van der Waals surface area contributed by atoms with Crippen molar-refractivity contribution < 1.29 is 28.6 Å². The number of imide groups is 1. The Kier molecular flexibility index (Phi) is 8.70. The van der Waals surface area contributed by atoms with Crippen molar-refractivity contribution in [3.8, 4) is 17.2 Å². The van der Waals surface area contributed by atoms with Crippen LogP contribution in [0.1, 0.15) is 16.7 Å². The molecule has 0 unspecified atom stereocenters. The zero-order chi connectivity index (χ0) is 27.1. The van der Waals surface area contributed by atoms with Crippen LogP contribution in [-0.4, -0.2) is 48.8 Å². The fourth-order valence-corrected chi connectivity index (χ4v) is 4.45. The first-order chi connectivity index (χ1) is 18.3. The molecule has 3 aromatic rings. The van der Waals surface area contributed by atoms with Gasteiger partial charge in [0.2, 0.25) is 5.91 Å². The Morgan fingerprint density at radius 3 is 2.24 bits per heavy atom. The van der Waals surface area contributed by atoms with Crippen molar-refractivity contribution >= 4 is 40.6 Å². The molecular weight excluding hydrogens is 504 g/mol. The second kappa shape index (κ2) is 12.3. The van der Waals surface area contributed by atoms with Crippen LogP contribution < -0.4 is 19.5 Å². The van der Waals surface area contributed by atoms with E-state index in [0.717, 1.165) is 33.5 Å². The van der Waals surface area contributed by atoms with Gasteiger partial charge in [0.25, 0.3) is 11.1 Å². The van der Waals surface area contributed by atoms with Gasteiger partial charge in [-0.3, -0.25) is 19.3 Å². The van der Waals surface area contributed by atoms with E-state index in [-0.39, 0.29) is 11.4 Å². The van der Waals surface area contributed by atoms with Crippen molar-refractivity contribution in [2.45, 2.75) is 13.8 Å². The number of hydrogen-bond acceptors (Lipinski definition) is 7. The predicted octanol–water partition coefficient (Wildman–Crippen LogP) is 5.44. The minimum absolute atomic E-state index is 0.223. The Hall–Kier alpha value is -4.24. The van der Waals surface area contributed by atoms with Crippen LogP contribution in [0, 0.1) is 13.8 Å². The molecular formula is C29H28N2O6S. The molecule has 9 heteroatoms. The topological polar surface area (TPSA) is 94.2 Å². The minimum Gasteiger partial charge on any atom is -0.493 e.